The van der Waals surface area contributed by atoms with E-state index in [1.54, 1.807) is 12.1 Å². The molecule has 2 atom stereocenters. The minimum atomic E-state index is -1.17. The van der Waals surface area contributed by atoms with Crippen LogP contribution in [0.25, 0.3) is 22.3 Å². The Morgan fingerprint density at radius 2 is 1.90 bits per heavy atom. The van der Waals surface area contributed by atoms with Crippen LogP contribution >= 0.6 is 23.2 Å². The van der Waals surface area contributed by atoms with Crippen molar-refractivity contribution in [3.05, 3.63) is 68.8 Å². The van der Waals surface area contributed by atoms with Crippen molar-refractivity contribution < 1.29 is 4.55 Å². The number of H-pyrrole nitrogens is 1. The Bertz CT molecular complexity index is 1690. The van der Waals surface area contributed by atoms with Gasteiger partial charge in [-0.25, -0.2) is 4.98 Å². The second kappa shape index (κ2) is 8.82. The minimum absolute atomic E-state index is 0.0217. The first-order valence-corrected chi connectivity index (χ1v) is 14.8. The number of halogens is 2. The second-order valence-corrected chi connectivity index (χ2v) is 13.7. The summed E-state index contributed by atoms with van der Waals surface area (Å²) in [6.07, 6.45) is 2.74. The van der Waals surface area contributed by atoms with E-state index in [-0.39, 0.29) is 17.2 Å². The summed E-state index contributed by atoms with van der Waals surface area (Å²) in [7, 11) is 0. The van der Waals surface area contributed by atoms with E-state index in [1.807, 2.05) is 6.07 Å². The van der Waals surface area contributed by atoms with Crippen molar-refractivity contribution in [1.29, 1.82) is 5.26 Å². The minimum Gasteiger partial charge on any atom is -0.597 e. The zero-order valence-electron chi connectivity index (χ0n) is 21.4. The monoisotopic (exact) mass is 577 g/mol. The number of anilines is 1. The number of aromatic nitrogens is 4. The van der Waals surface area contributed by atoms with Gasteiger partial charge in [0, 0.05) is 41.0 Å². The van der Waals surface area contributed by atoms with E-state index in [0.717, 1.165) is 32.4 Å². The molecule has 11 heteroatoms. The van der Waals surface area contributed by atoms with E-state index in [0.29, 0.717) is 38.3 Å². The summed E-state index contributed by atoms with van der Waals surface area (Å²) in [5, 5.41) is 18.7. The van der Waals surface area contributed by atoms with Crippen molar-refractivity contribution in [3.63, 3.8) is 0 Å². The van der Waals surface area contributed by atoms with E-state index >= 15 is 0 Å². The molecule has 0 saturated carbocycles. The van der Waals surface area contributed by atoms with Gasteiger partial charge in [0.1, 0.15) is 6.07 Å². The molecule has 0 amide bonds. The van der Waals surface area contributed by atoms with Crippen molar-refractivity contribution in [1.82, 2.24) is 24.9 Å². The zero-order chi connectivity index (χ0) is 27.1. The molecule has 7 rings (SSSR count). The molecule has 2 N–H and O–H groups in total. The van der Waals surface area contributed by atoms with Crippen LogP contribution in [0.5, 0.6) is 0 Å². The predicted molar refractivity (Wildman–Crippen MR) is 153 cm³/mol. The molecule has 8 nitrogen and oxygen atoms in total. The smallest absolute Gasteiger partial charge is 0.228 e. The number of nitrogens with zero attached hydrogens (tertiary/aromatic N) is 5. The highest BCUT2D eigenvalue weighted by atomic mass is 35.5. The standard InChI is InChI=1S/C28H25Cl2N7OS/c1-27(2)17-7-3-5-15-13-28(24(20(15)17)36-39(27)38)9-11-37(12-10-28)26-32-19(14-31)21-23(34-35-25(21)33-26)16-6-4-8-18(29)22(16)30/h3-8,24,36H,9-13H2,1-2H3,(H,32,33,34,35)/t24-,39?/m1/s1. The Labute approximate surface area is 239 Å². The molecule has 3 aliphatic rings. The van der Waals surface area contributed by atoms with Gasteiger partial charge in [-0.15, -0.1) is 4.72 Å². The van der Waals surface area contributed by atoms with Gasteiger partial charge >= 0.3 is 0 Å². The number of fused-ring (bicyclic) bond motifs is 2. The fourth-order valence-corrected chi connectivity index (χ4v) is 8.25. The highest BCUT2D eigenvalue weighted by Crippen LogP contribution is 2.57. The molecule has 1 spiro atoms. The number of piperidine rings is 1. The van der Waals surface area contributed by atoms with Gasteiger partial charge in [-0.05, 0) is 50.3 Å². The summed E-state index contributed by atoms with van der Waals surface area (Å²) in [5.74, 6) is 0.488. The van der Waals surface area contributed by atoms with Crippen LogP contribution in [0, 0.1) is 16.7 Å². The largest absolute Gasteiger partial charge is 0.597 e. The summed E-state index contributed by atoms with van der Waals surface area (Å²) in [5.41, 5.74) is 5.72. The van der Waals surface area contributed by atoms with Gasteiger partial charge in [-0.3, -0.25) is 5.10 Å². The van der Waals surface area contributed by atoms with Gasteiger partial charge in [0.2, 0.25) is 5.95 Å². The third-order valence-corrected chi connectivity index (χ3v) is 11.2. The second-order valence-electron chi connectivity index (χ2n) is 11.1. The van der Waals surface area contributed by atoms with Crippen LogP contribution in [0.3, 0.4) is 0 Å². The Morgan fingerprint density at radius 3 is 2.67 bits per heavy atom. The fraction of sp³-hybridized carbons (Fsp3) is 0.357. The maximum atomic E-state index is 13.2. The lowest BCUT2D eigenvalue weighted by Gasteiger charge is -2.46. The maximum absolute atomic E-state index is 13.2. The topological polar surface area (TPSA) is 117 Å². The number of nitrogens with one attached hydrogen (secondary N) is 2. The Hall–Kier alpha value is -2.87. The van der Waals surface area contributed by atoms with Crippen LogP contribution in [-0.2, 0) is 22.5 Å². The lowest BCUT2D eigenvalue weighted by Crippen LogP contribution is -2.53. The molecule has 2 aliphatic heterocycles. The lowest BCUT2D eigenvalue weighted by molar-refractivity contribution is 0.173. The molecule has 1 fully saturated rings. The van der Waals surface area contributed by atoms with Crippen LogP contribution in [0.1, 0.15) is 55.1 Å². The first kappa shape index (κ1) is 25.1. The normalized spacial score (nSPS) is 22.7. The van der Waals surface area contributed by atoms with Gasteiger partial charge in [0.25, 0.3) is 0 Å². The van der Waals surface area contributed by atoms with Crippen LogP contribution in [-0.4, -0.2) is 37.8 Å². The summed E-state index contributed by atoms with van der Waals surface area (Å²) in [6.45, 7) is 5.56. The maximum Gasteiger partial charge on any atom is 0.228 e. The van der Waals surface area contributed by atoms with Crippen LogP contribution in [0.15, 0.2) is 36.4 Å². The number of hydrogen-bond donors (Lipinski definition) is 2. The molecular weight excluding hydrogens is 553 g/mol. The van der Waals surface area contributed by atoms with Crippen LogP contribution < -0.4 is 9.62 Å². The molecule has 0 radical (unpaired) electrons. The predicted octanol–water partition coefficient (Wildman–Crippen LogP) is 5.58. The number of hydrogen-bond acceptors (Lipinski definition) is 7. The van der Waals surface area contributed by atoms with Crippen molar-refractivity contribution in [2.24, 2.45) is 5.41 Å². The third-order valence-electron chi connectivity index (χ3n) is 8.75. The van der Waals surface area contributed by atoms with Crippen molar-refractivity contribution in [2.75, 3.05) is 18.0 Å². The third kappa shape index (κ3) is 3.63. The average Bonchev–Trinajstić information content (AvgIpc) is 3.48. The van der Waals surface area contributed by atoms with Gasteiger partial charge in [0.05, 0.1) is 27.2 Å². The quantitative estimate of drug-likeness (QED) is 0.298. The summed E-state index contributed by atoms with van der Waals surface area (Å²) in [6, 6.07) is 14.1. The first-order chi connectivity index (χ1) is 18.7. The van der Waals surface area contributed by atoms with Crippen molar-refractivity contribution >= 4 is 51.5 Å². The SMILES string of the molecule is CC1(C)c2cccc3c2[C@@H](N[S+]1[O-])C1(CCN(c2nc(C#N)c4c(-c5cccc(Cl)c5Cl)[nH]nc4n2)CC1)C3. The van der Waals surface area contributed by atoms with Crippen molar-refractivity contribution in [3.8, 4) is 17.3 Å². The van der Waals surface area contributed by atoms with Gasteiger partial charge in [-0.2, -0.15) is 15.3 Å². The molecule has 198 valence electrons. The van der Waals surface area contributed by atoms with E-state index in [9.17, 15) is 9.81 Å². The fourth-order valence-electron chi connectivity index (χ4n) is 6.60. The highest BCUT2D eigenvalue weighted by Gasteiger charge is 2.56. The summed E-state index contributed by atoms with van der Waals surface area (Å²) < 4.78 is 16.3. The van der Waals surface area contributed by atoms with Gasteiger partial charge in [0.15, 0.2) is 16.1 Å². The van der Waals surface area contributed by atoms with E-state index in [2.05, 4.69) is 62.9 Å². The molecule has 4 heterocycles. The number of benzene rings is 2. The Kier molecular flexibility index (Phi) is 5.68. The molecule has 2 aromatic heterocycles. The molecule has 4 aromatic rings. The number of aromatic amines is 1. The Morgan fingerprint density at radius 1 is 1.13 bits per heavy atom. The van der Waals surface area contributed by atoms with Gasteiger partial charge in [-0.1, -0.05) is 53.5 Å². The molecule has 2 aromatic carbocycles. The molecule has 39 heavy (non-hydrogen) atoms. The molecule has 0 bridgehead atoms. The van der Waals surface area contributed by atoms with Gasteiger partial charge < -0.3 is 9.45 Å². The molecule has 1 saturated heterocycles. The molecule has 1 aliphatic carbocycles. The lowest BCUT2D eigenvalue weighted by atomic mass is 9.72. The number of rotatable bonds is 2. The van der Waals surface area contributed by atoms with E-state index < -0.39 is 16.1 Å². The molecular formula is C28H25Cl2N7OS. The first-order valence-electron chi connectivity index (χ1n) is 12.9. The van der Waals surface area contributed by atoms with Crippen LogP contribution in [0.4, 0.5) is 5.95 Å². The Balaban J connectivity index is 1.20. The van der Waals surface area contributed by atoms with E-state index in [4.69, 9.17) is 28.2 Å². The average molecular weight is 579 g/mol. The summed E-state index contributed by atoms with van der Waals surface area (Å²) in [4.78, 5) is 11.5. The highest BCUT2D eigenvalue weighted by molar-refractivity contribution is 7.90. The number of nitriles is 1. The summed E-state index contributed by atoms with van der Waals surface area (Å²) >= 11 is 11.5. The zero-order valence-corrected chi connectivity index (χ0v) is 23.7. The van der Waals surface area contributed by atoms with Crippen LogP contribution in [0.2, 0.25) is 10.0 Å². The van der Waals surface area contributed by atoms with Crippen molar-refractivity contribution in [2.45, 2.75) is 43.9 Å². The van der Waals surface area contributed by atoms with E-state index in [1.165, 1.54) is 16.7 Å². The molecule has 1 unspecified atom stereocenters.